The van der Waals surface area contributed by atoms with Gasteiger partial charge < -0.3 is 14.8 Å². The van der Waals surface area contributed by atoms with Gasteiger partial charge in [-0.25, -0.2) is 4.39 Å². The molecule has 0 aliphatic carbocycles. The summed E-state index contributed by atoms with van der Waals surface area (Å²) in [5.41, 5.74) is 6.13. The van der Waals surface area contributed by atoms with Crippen molar-refractivity contribution in [2.75, 3.05) is 4.90 Å². The lowest BCUT2D eigenvalue weighted by Crippen LogP contribution is -2.29. The quantitative estimate of drug-likeness (QED) is 0.281. The van der Waals surface area contributed by atoms with Gasteiger partial charge in [0.05, 0.1) is 33.5 Å². The first kappa shape index (κ1) is 23.8. The highest BCUT2D eigenvalue weighted by Gasteiger charge is 2.42. The van der Waals surface area contributed by atoms with E-state index in [1.807, 2.05) is 48.2 Å². The van der Waals surface area contributed by atoms with Crippen LogP contribution >= 0.6 is 35.4 Å². The van der Waals surface area contributed by atoms with Crippen molar-refractivity contribution in [2.45, 2.75) is 32.9 Å². The van der Waals surface area contributed by atoms with E-state index in [4.69, 9.17) is 35.4 Å². The molecule has 8 heteroatoms. The fourth-order valence-electron chi connectivity index (χ4n) is 4.85. The van der Waals surface area contributed by atoms with Gasteiger partial charge in [-0.3, -0.25) is 4.98 Å². The van der Waals surface area contributed by atoms with Crippen LogP contribution in [0.3, 0.4) is 0 Å². The Bertz CT molecular complexity index is 1440. The Kier molecular flexibility index (Phi) is 6.30. The zero-order chi connectivity index (χ0) is 24.9. The van der Waals surface area contributed by atoms with Gasteiger partial charge in [-0.05, 0) is 92.6 Å². The Balaban J connectivity index is 1.71. The van der Waals surface area contributed by atoms with Crippen LogP contribution in [-0.4, -0.2) is 14.7 Å². The molecule has 3 heterocycles. The molecule has 35 heavy (non-hydrogen) atoms. The molecule has 2 aromatic carbocycles. The van der Waals surface area contributed by atoms with Crippen molar-refractivity contribution in [1.82, 2.24) is 14.9 Å². The monoisotopic (exact) mass is 524 g/mol. The molecular weight excluding hydrogens is 502 g/mol. The van der Waals surface area contributed by atoms with E-state index in [-0.39, 0.29) is 17.9 Å². The minimum absolute atomic E-state index is 0.210. The summed E-state index contributed by atoms with van der Waals surface area (Å²) < 4.78 is 16.2. The first-order valence-electron chi connectivity index (χ1n) is 11.2. The molecule has 0 bridgehead atoms. The van der Waals surface area contributed by atoms with E-state index in [0.29, 0.717) is 20.7 Å². The van der Waals surface area contributed by atoms with E-state index in [1.54, 1.807) is 25.3 Å². The van der Waals surface area contributed by atoms with Crippen molar-refractivity contribution in [3.63, 3.8) is 0 Å². The molecule has 0 spiro atoms. The SMILES string of the molecule is Cc1cc(N2C(=S)N[C@H](c3ccccn3)[C@@H]2c2cc(C)n(-c3cccc(Cl)c3Cl)c2C)ccc1F. The van der Waals surface area contributed by atoms with E-state index in [0.717, 1.165) is 34.0 Å². The molecule has 2 aromatic heterocycles. The fourth-order valence-corrected chi connectivity index (χ4v) is 5.58. The molecule has 5 rings (SSSR count). The van der Waals surface area contributed by atoms with Gasteiger partial charge in [0.25, 0.3) is 0 Å². The Labute approximate surface area is 219 Å². The number of hydrogen-bond acceptors (Lipinski definition) is 2. The second kappa shape index (κ2) is 9.26. The van der Waals surface area contributed by atoms with Crippen LogP contribution in [-0.2, 0) is 0 Å². The van der Waals surface area contributed by atoms with Gasteiger partial charge >= 0.3 is 0 Å². The molecule has 4 nitrogen and oxygen atoms in total. The average Bonchev–Trinajstić information content (AvgIpc) is 3.33. The summed E-state index contributed by atoms with van der Waals surface area (Å²) in [4.78, 5) is 6.67. The summed E-state index contributed by atoms with van der Waals surface area (Å²) in [6.45, 7) is 5.85. The molecule has 1 aliphatic heterocycles. The number of aromatic nitrogens is 2. The van der Waals surface area contributed by atoms with Gasteiger partial charge in [0.2, 0.25) is 0 Å². The summed E-state index contributed by atoms with van der Waals surface area (Å²) in [6.07, 6.45) is 1.77. The summed E-state index contributed by atoms with van der Waals surface area (Å²) >= 11 is 18.8. The molecule has 1 aliphatic rings. The van der Waals surface area contributed by atoms with Crippen LogP contribution in [0.15, 0.2) is 66.9 Å². The van der Waals surface area contributed by atoms with Crippen LogP contribution in [0.4, 0.5) is 10.1 Å². The highest BCUT2D eigenvalue weighted by molar-refractivity contribution is 7.80. The van der Waals surface area contributed by atoms with Gasteiger partial charge in [-0.1, -0.05) is 35.3 Å². The number of anilines is 1. The molecule has 0 saturated carbocycles. The zero-order valence-corrected chi connectivity index (χ0v) is 21.7. The molecule has 4 aromatic rings. The van der Waals surface area contributed by atoms with Crippen molar-refractivity contribution in [3.05, 3.63) is 111 Å². The molecular formula is C27H23Cl2FN4S. The van der Waals surface area contributed by atoms with E-state index >= 15 is 0 Å². The summed E-state index contributed by atoms with van der Waals surface area (Å²) in [5.74, 6) is -0.251. The second-order valence-electron chi connectivity index (χ2n) is 8.66. The van der Waals surface area contributed by atoms with Gasteiger partial charge in [-0.15, -0.1) is 0 Å². The maximum Gasteiger partial charge on any atom is 0.174 e. The van der Waals surface area contributed by atoms with Gasteiger partial charge in [-0.2, -0.15) is 0 Å². The van der Waals surface area contributed by atoms with Crippen LogP contribution in [0.1, 0.15) is 40.3 Å². The summed E-state index contributed by atoms with van der Waals surface area (Å²) in [7, 11) is 0. The van der Waals surface area contributed by atoms with Crippen molar-refractivity contribution in [1.29, 1.82) is 0 Å². The summed E-state index contributed by atoms with van der Waals surface area (Å²) in [6, 6.07) is 18.2. The Morgan fingerprint density at radius 2 is 1.80 bits per heavy atom. The molecule has 1 N–H and O–H groups in total. The van der Waals surface area contributed by atoms with Crippen molar-refractivity contribution >= 4 is 46.2 Å². The predicted molar refractivity (Wildman–Crippen MR) is 144 cm³/mol. The van der Waals surface area contributed by atoms with Crippen LogP contribution in [0.25, 0.3) is 5.69 Å². The standard InChI is InChI=1S/C27H23Cl2FN4S/c1-15-13-18(10-11-21(15)30)34-26(25(32-27(34)35)22-8-4-5-12-31-22)19-14-16(2)33(17(19)3)23-9-6-7-20(28)24(23)29/h4-14,25-26H,1-3H3,(H,32,35)/t25-,26+/m1/s1. The fraction of sp³-hybridized carbons (Fsp3) is 0.185. The molecule has 1 fully saturated rings. The Hall–Kier alpha value is -2.93. The third kappa shape index (κ3) is 4.10. The van der Waals surface area contributed by atoms with E-state index in [1.165, 1.54) is 6.07 Å². The number of aryl methyl sites for hydroxylation is 2. The molecule has 178 valence electrons. The number of thiocarbonyl (C=S) groups is 1. The highest BCUT2D eigenvalue weighted by Crippen LogP contribution is 2.44. The number of hydrogen-bond donors (Lipinski definition) is 1. The lowest BCUT2D eigenvalue weighted by atomic mass is 9.96. The zero-order valence-electron chi connectivity index (χ0n) is 19.4. The molecule has 2 atom stereocenters. The van der Waals surface area contributed by atoms with Gasteiger partial charge in [0.15, 0.2) is 5.11 Å². The van der Waals surface area contributed by atoms with Crippen LogP contribution in [0.5, 0.6) is 0 Å². The number of nitrogens with one attached hydrogen (secondary N) is 1. The number of benzene rings is 2. The first-order valence-corrected chi connectivity index (χ1v) is 12.3. The number of rotatable bonds is 4. The number of nitrogens with zero attached hydrogens (tertiary/aromatic N) is 3. The third-order valence-electron chi connectivity index (χ3n) is 6.48. The summed E-state index contributed by atoms with van der Waals surface area (Å²) in [5, 5.41) is 5.01. The first-order chi connectivity index (χ1) is 16.8. The lowest BCUT2D eigenvalue weighted by Gasteiger charge is -2.28. The van der Waals surface area contributed by atoms with Crippen LogP contribution in [0, 0.1) is 26.6 Å². The molecule has 1 saturated heterocycles. The molecule has 0 radical (unpaired) electrons. The minimum Gasteiger partial charge on any atom is -0.351 e. The smallest absolute Gasteiger partial charge is 0.174 e. The molecule has 0 unspecified atom stereocenters. The normalized spacial score (nSPS) is 17.7. The van der Waals surface area contributed by atoms with E-state index < -0.39 is 0 Å². The Morgan fingerprint density at radius 3 is 2.51 bits per heavy atom. The second-order valence-corrected chi connectivity index (χ2v) is 9.84. The Morgan fingerprint density at radius 1 is 1.00 bits per heavy atom. The van der Waals surface area contributed by atoms with Gasteiger partial charge in [0.1, 0.15) is 5.82 Å². The van der Waals surface area contributed by atoms with Gasteiger partial charge in [0, 0.05) is 23.3 Å². The largest absolute Gasteiger partial charge is 0.351 e. The van der Waals surface area contributed by atoms with Crippen molar-refractivity contribution in [3.8, 4) is 5.69 Å². The lowest BCUT2D eigenvalue weighted by molar-refractivity contribution is 0.564. The van der Waals surface area contributed by atoms with E-state index in [2.05, 4.69) is 27.9 Å². The number of pyridine rings is 1. The van der Waals surface area contributed by atoms with Crippen molar-refractivity contribution < 1.29 is 4.39 Å². The third-order valence-corrected chi connectivity index (χ3v) is 7.60. The average molecular weight is 525 g/mol. The van der Waals surface area contributed by atoms with Crippen molar-refractivity contribution in [2.24, 2.45) is 0 Å². The minimum atomic E-state index is -0.251. The van der Waals surface area contributed by atoms with E-state index in [9.17, 15) is 4.39 Å². The highest BCUT2D eigenvalue weighted by atomic mass is 35.5. The number of halogens is 3. The van der Waals surface area contributed by atoms with Crippen LogP contribution in [0.2, 0.25) is 10.0 Å². The maximum atomic E-state index is 14.1. The topological polar surface area (TPSA) is 33.1 Å². The predicted octanol–water partition coefficient (Wildman–Crippen LogP) is 7.42. The maximum absolute atomic E-state index is 14.1. The molecule has 0 amide bonds. The van der Waals surface area contributed by atoms with Crippen LogP contribution < -0.4 is 10.2 Å².